The van der Waals surface area contributed by atoms with Crippen molar-refractivity contribution in [2.75, 3.05) is 55.7 Å². The number of unbranched alkanes of at least 4 members (excludes halogenated alkanes) is 1. The number of imide groups is 2. The Kier molecular flexibility index (Phi) is 13.4. The smallest absolute Gasteiger partial charge is 0.263 e. The van der Waals surface area contributed by atoms with Crippen LogP contribution in [-0.4, -0.2) is 111 Å². The first-order valence-electron chi connectivity index (χ1n) is 19.5. The molecule has 0 spiro atoms. The van der Waals surface area contributed by atoms with Gasteiger partial charge in [-0.15, -0.1) is 11.8 Å². The standard InChI is InChI=1S/C42H42ClFN8O7S/c1-2-35(53)48-31-22-27-30(45-24-46-39(27)47-25-10-11-29(44)28(43)21-25)23-33(31)59-19-6-14-50-15-17-51(18-16-50)37(55)9-3-4-20-60-34-8-5-7-26-38(34)42(58)52(41(26)57)32-12-13-36(54)49-40(32)56/h2,5,7-8,10-11,21-24,32H,1,3-4,6,9,12-20H2,(H,48,53)(H,45,46,47)(H,49,54,56). The SMILES string of the molecule is C=CC(=O)Nc1cc2c(Nc3ccc(F)c(Cl)c3)ncnc2cc1OCCCN1CCN(C(=O)CCCCSc2cccc3c2C(=O)N(C2CCC(=O)NC2=O)C3=O)CC1. The molecular formula is C42H42ClFN8O7S. The van der Waals surface area contributed by atoms with Crippen LogP contribution in [0.25, 0.3) is 10.9 Å². The molecule has 3 aromatic carbocycles. The molecule has 3 N–H and O–H groups in total. The van der Waals surface area contributed by atoms with E-state index in [1.165, 1.54) is 36.3 Å². The minimum absolute atomic E-state index is 0.0402. The number of hydrogen-bond acceptors (Lipinski definition) is 12. The van der Waals surface area contributed by atoms with Crippen LogP contribution in [0.4, 0.5) is 21.6 Å². The van der Waals surface area contributed by atoms with Crippen LogP contribution < -0.4 is 20.7 Å². The zero-order valence-corrected chi connectivity index (χ0v) is 34.1. The summed E-state index contributed by atoms with van der Waals surface area (Å²) >= 11 is 7.40. The van der Waals surface area contributed by atoms with Crippen molar-refractivity contribution in [3.05, 3.63) is 89.5 Å². The zero-order valence-electron chi connectivity index (χ0n) is 32.5. The molecule has 60 heavy (non-hydrogen) atoms. The lowest BCUT2D eigenvalue weighted by molar-refractivity contribution is -0.136. The van der Waals surface area contributed by atoms with E-state index in [2.05, 4.69) is 37.4 Å². The van der Waals surface area contributed by atoms with Crippen LogP contribution >= 0.6 is 23.4 Å². The normalized spacial score (nSPS) is 16.8. The third-order valence-electron chi connectivity index (χ3n) is 10.4. The highest BCUT2D eigenvalue weighted by Gasteiger charge is 2.45. The van der Waals surface area contributed by atoms with Gasteiger partial charge in [0.2, 0.25) is 23.6 Å². The number of ether oxygens (including phenoxy) is 1. The average Bonchev–Trinajstić information content (AvgIpc) is 3.49. The number of anilines is 3. The van der Waals surface area contributed by atoms with E-state index >= 15 is 0 Å². The van der Waals surface area contributed by atoms with Crippen molar-refractivity contribution in [3.63, 3.8) is 0 Å². The number of nitrogens with one attached hydrogen (secondary N) is 3. The number of amides is 6. The van der Waals surface area contributed by atoms with E-state index in [4.69, 9.17) is 16.3 Å². The van der Waals surface area contributed by atoms with Gasteiger partial charge in [0.1, 0.15) is 29.8 Å². The van der Waals surface area contributed by atoms with Crippen molar-refractivity contribution in [3.8, 4) is 5.75 Å². The Morgan fingerprint density at radius 3 is 2.60 bits per heavy atom. The number of nitrogens with zero attached hydrogens (tertiary/aromatic N) is 5. The molecule has 2 fully saturated rings. The Labute approximate surface area is 354 Å². The molecule has 0 saturated carbocycles. The summed E-state index contributed by atoms with van der Waals surface area (Å²) in [5.41, 5.74) is 2.01. The fourth-order valence-electron chi connectivity index (χ4n) is 7.31. The van der Waals surface area contributed by atoms with E-state index in [-0.39, 0.29) is 34.9 Å². The second-order valence-corrected chi connectivity index (χ2v) is 15.9. The van der Waals surface area contributed by atoms with E-state index in [1.54, 1.807) is 30.3 Å². The van der Waals surface area contributed by atoms with Crippen molar-refractivity contribution in [1.29, 1.82) is 0 Å². The average molecular weight is 857 g/mol. The highest BCUT2D eigenvalue weighted by atomic mass is 35.5. The van der Waals surface area contributed by atoms with Crippen LogP contribution in [0.2, 0.25) is 5.02 Å². The zero-order chi connectivity index (χ0) is 42.3. The van der Waals surface area contributed by atoms with Gasteiger partial charge >= 0.3 is 0 Å². The summed E-state index contributed by atoms with van der Waals surface area (Å²) in [7, 11) is 0. The van der Waals surface area contributed by atoms with Crippen LogP contribution in [0.3, 0.4) is 0 Å². The minimum atomic E-state index is -1.02. The van der Waals surface area contributed by atoms with Crippen LogP contribution in [0.5, 0.6) is 5.75 Å². The van der Waals surface area contributed by atoms with E-state index in [9.17, 15) is 33.2 Å². The first-order chi connectivity index (χ1) is 29.0. The number of carbonyl (C=O) groups excluding carboxylic acids is 6. The summed E-state index contributed by atoms with van der Waals surface area (Å²) in [5, 5.41) is 8.68. The highest BCUT2D eigenvalue weighted by Crippen LogP contribution is 2.36. The van der Waals surface area contributed by atoms with Crippen LogP contribution in [-0.2, 0) is 19.2 Å². The predicted molar refractivity (Wildman–Crippen MR) is 224 cm³/mol. The molecule has 3 aliphatic rings. The summed E-state index contributed by atoms with van der Waals surface area (Å²) in [5.74, 6) is -1.51. The molecule has 7 rings (SSSR count). The lowest BCUT2D eigenvalue weighted by Gasteiger charge is -2.34. The van der Waals surface area contributed by atoms with Crippen molar-refractivity contribution in [1.82, 2.24) is 30.0 Å². The van der Waals surface area contributed by atoms with Gasteiger partial charge in [0.15, 0.2) is 0 Å². The summed E-state index contributed by atoms with van der Waals surface area (Å²) < 4.78 is 19.9. The number of piperidine rings is 1. The van der Waals surface area contributed by atoms with Gasteiger partial charge in [-0.25, -0.2) is 14.4 Å². The number of aromatic nitrogens is 2. The van der Waals surface area contributed by atoms with E-state index in [0.717, 1.165) is 37.0 Å². The monoisotopic (exact) mass is 856 g/mol. The van der Waals surface area contributed by atoms with Crippen LogP contribution in [0.15, 0.2) is 72.4 Å². The lowest BCUT2D eigenvalue weighted by Crippen LogP contribution is -2.54. The fraction of sp³-hybridized carbons (Fsp3) is 0.333. The van der Waals surface area contributed by atoms with Crippen LogP contribution in [0, 0.1) is 5.82 Å². The Morgan fingerprint density at radius 1 is 1.02 bits per heavy atom. The van der Waals surface area contributed by atoms with Crippen LogP contribution in [0.1, 0.15) is 59.2 Å². The van der Waals surface area contributed by atoms with Crippen molar-refractivity contribution in [2.45, 2.75) is 49.5 Å². The molecule has 0 bridgehead atoms. The molecule has 6 amide bonds. The Hall–Kier alpha value is -5.91. The van der Waals surface area contributed by atoms with Gasteiger partial charge in [0.05, 0.1) is 34.0 Å². The molecule has 4 heterocycles. The maximum absolute atomic E-state index is 13.7. The fourth-order valence-corrected chi connectivity index (χ4v) is 8.57. The molecule has 1 unspecified atom stereocenters. The Balaban J connectivity index is 0.841. The Bertz CT molecular complexity index is 2380. The van der Waals surface area contributed by atoms with Crippen molar-refractivity contribution in [2.24, 2.45) is 0 Å². The maximum Gasteiger partial charge on any atom is 0.263 e. The van der Waals surface area contributed by atoms with E-state index < -0.39 is 41.4 Å². The third kappa shape index (κ3) is 9.59. The topological polar surface area (TPSA) is 183 Å². The number of halogens is 2. The largest absolute Gasteiger partial charge is 0.491 e. The third-order valence-corrected chi connectivity index (χ3v) is 11.9. The summed E-state index contributed by atoms with van der Waals surface area (Å²) in [4.78, 5) is 90.4. The summed E-state index contributed by atoms with van der Waals surface area (Å²) in [6, 6.07) is 11.7. The first-order valence-corrected chi connectivity index (χ1v) is 20.9. The lowest BCUT2D eigenvalue weighted by atomic mass is 10.0. The molecule has 3 aliphatic heterocycles. The second kappa shape index (κ2) is 19.0. The number of benzene rings is 3. The maximum atomic E-state index is 13.7. The molecule has 0 aliphatic carbocycles. The first kappa shape index (κ1) is 42.2. The molecule has 18 heteroatoms. The number of rotatable bonds is 16. The number of hydrogen-bond donors (Lipinski definition) is 3. The Morgan fingerprint density at radius 2 is 1.83 bits per heavy atom. The van der Waals surface area contributed by atoms with Gasteiger partial charge in [0.25, 0.3) is 11.8 Å². The number of carbonyl (C=O) groups is 6. The van der Waals surface area contributed by atoms with Crippen molar-refractivity contribution < 1.29 is 37.9 Å². The molecule has 1 aromatic heterocycles. The van der Waals surface area contributed by atoms with Gasteiger partial charge in [-0.1, -0.05) is 24.2 Å². The molecule has 4 aromatic rings. The van der Waals surface area contributed by atoms with Gasteiger partial charge in [-0.2, -0.15) is 0 Å². The minimum Gasteiger partial charge on any atom is -0.491 e. The summed E-state index contributed by atoms with van der Waals surface area (Å²) in [6.07, 6.45) is 5.20. The van der Waals surface area contributed by atoms with Gasteiger partial charge in [-0.3, -0.25) is 43.9 Å². The number of fused-ring (bicyclic) bond motifs is 2. The van der Waals surface area contributed by atoms with Crippen molar-refractivity contribution >= 4 is 86.9 Å². The molecular weight excluding hydrogens is 815 g/mol. The van der Waals surface area contributed by atoms with E-state index in [0.29, 0.717) is 83.5 Å². The molecule has 1 atom stereocenters. The quantitative estimate of drug-likeness (QED) is 0.0553. The second-order valence-electron chi connectivity index (χ2n) is 14.4. The highest BCUT2D eigenvalue weighted by molar-refractivity contribution is 7.99. The van der Waals surface area contributed by atoms with Gasteiger partial charge in [-0.05, 0) is 73.9 Å². The summed E-state index contributed by atoms with van der Waals surface area (Å²) in [6.45, 7) is 7.35. The van der Waals surface area contributed by atoms with Gasteiger partial charge in [0, 0.05) is 67.6 Å². The molecule has 0 radical (unpaired) electrons. The van der Waals surface area contributed by atoms with Gasteiger partial charge < -0.3 is 20.3 Å². The molecule has 15 nitrogen and oxygen atoms in total. The predicted octanol–water partition coefficient (Wildman–Crippen LogP) is 5.57. The number of piperazine rings is 1. The number of thioether (sulfide) groups is 1. The molecule has 2 saturated heterocycles. The van der Waals surface area contributed by atoms with E-state index in [1.807, 2.05) is 4.90 Å². The molecule has 312 valence electrons.